The van der Waals surface area contributed by atoms with Gasteiger partial charge in [0.05, 0.1) is 12.8 Å². The first kappa shape index (κ1) is 15.5. The molecular weight excluding hydrogens is 262 g/mol. The van der Waals surface area contributed by atoms with Crippen LogP contribution in [0.3, 0.4) is 0 Å². The summed E-state index contributed by atoms with van der Waals surface area (Å²) in [5.74, 6) is 5.06. The van der Waals surface area contributed by atoms with E-state index in [1.54, 1.807) is 6.26 Å². The normalized spacial score (nSPS) is 22.6. The third-order valence-corrected chi connectivity index (χ3v) is 4.00. The number of furan rings is 1. The van der Waals surface area contributed by atoms with E-state index >= 15 is 0 Å². The average molecular weight is 287 g/mol. The molecule has 0 bridgehead atoms. The minimum atomic E-state index is 0.492. The van der Waals surface area contributed by atoms with Gasteiger partial charge in [-0.25, -0.2) is 0 Å². The fourth-order valence-electron chi connectivity index (χ4n) is 2.73. The van der Waals surface area contributed by atoms with Crippen molar-refractivity contribution in [3.8, 4) is 12.3 Å². The summed E-state index contributed by atoms with van der Waals surface area (Å²) in [4.78, 5) is 4.60. The van der Waals surface area contributed by atoms with Crippen LogP contribution in [0, 0.1) is 18.3 Å². The second kappa shape index (κ2) is 8.41. The molecule has 21 heavy (non-hydrogen) atoms. The average Bonchev–Trinajstić information content (AvgIpc) is 3.00. The SMILES string of the molecule is C#CCNC(=NCCc1ccco1)NC1CCCCC1C. The number of nitrogens with zero attached hydrogens (tertiary/aromatic N) is 1. The van der Waals surface area contributed by atoms with E-state index in [2.05, 4.69) is 28.5 Å². The van der Waals surface area contributed by atoms with E-state index in [-0.39, 0.29) is 0 Å². The molecule has 1 aliphatic carbocycles. The van der Waals surface area contributed by atoms with Gasteiger partial charge in [0.15, 0.2) is 5.96 Å². The number of nitrogens with one attached hydrogen (secondary N) is 2. The van der Waals surface area contributed by atoms with Gasteiger partial charge in [0.1, 0.15) is 5.76 Å². The molecule has 0 aromatic carbocycles. The van der Waals surface area contributed by atoms with Crippen molar-refractivity contribution >= 4 is 5.96 Å². The first-order chi connectivity index (χ1) is 10.3. The lowest BCUT2D eigenvalue weighted by Gasteiger charge is -2.30. The Morgan fingerprint density at radius 1 is 1.48 bits per heavy atom. The van der Waals surface area contributed by atoms with Crippen LogP contribution in [0.2, 0.25) is 0 Å². The molecule has 114 valence electrons. The highest BCUT2D eigenvalue weighted by Gasteiger charge is 2.21. The maximum Gasteiger partial charge on any atom is 0.192 e. The topological polar surface area (TPSA) is 49.6 Å². The molecule has 0 radical (unpaired) electrons. The standard InChI is InChI=1S/C17H25N3O/c1-3-11-18-17(19-12-10-15-8-6-13-21-15)20-16-9-5-4-7-14(16)2/h1,6,8,13-14,16H,4-5,7,9-12H2,2H3,(H2,18,19,20). The fourth-order valence-corrected chi connectivity index (χ4v) is 2.73. The van der Waals surface area contributed by atoms with Gasteiger partial charge in [0.25, 0.3) is 0 Å². The lowest BCUT2D eigenvalue weighted by atomic mass is 9.86. The van der Waals surface area contributed by atoms with Crippen LogP contribution in [0.5, 0.6) is 0 Å². The van der Waals surface area contributed by atoms with Crippen LogP contribution in [0.4, 0.5) is 0 Å². The molecule has 1 fully saturated rings. The Hall–Kier alpha value is -1.89. The molecule has 2 atom stereocenters. The molecule has 1 aliphatic rings. The van der Waals surface area contributed by atoms with Gasteiger partial charge in [0, 0.05) is 19.0 Å². The highest BCUT2D eigenvalue weighted by atomic mass is 16.3. The number of aliphatic imine (C=N–C) groups is 1. The summed E-state index contributed by atoms with van der Waals surface area (Å²) in [6.07, 6.45) is 12.9. The van der Waals surface area contributed by atoms with E-state index in [1.165, 1.54) is 25.7 Å². The molecule has 1 heterocycles. The molecule has 4 heteroatoms. The highest BCUT2D eigenvalue weighted by Crippen LogP contribution is 2.23. The Morgan fingerprint density at radius 3 is 3.05 bits per heavy atom. The molecule has 1 aromatic heterocycles. The summed E-state index contributed by atoms with van der Waals surface area (Å²) in [7, 11) is 0. The fraction of sp³-hybridized carbons (Fsp3) is 0.588. The molecule has 0 amide bonds. The second-order valence-corrected chi connectivity index (χ2v) is 5.63. The van der Waals surface area contributed by atoms with Gasteiger partial charge in [0.2, 0.25) is 0 Å². The summed E-state index contributed by atoms with van der Waals surface area (Å²) < 4.78 is 5.32. The van der Waals surface area contributed by atoms with Crippen LogP contribution in [0.1, 0.15) is 38.4 Å². The van der Waals surface area contributed by atoms with E-state index < -0.39 is 0 Å². The van der Waals surface area contributed by atoms with Crippen molar-refractivity contribution in [2.75, 3.05) is 13.1 Å². The van der Waals surface area contributed by atoms with E-state index in [4.69, 9.17) is 10.8 Å². The number of hydrogen-bond acceptors (Lipinski definition) is 2. The summed E-state index contributed by atoms with van der Waals surface area (Å²) >= 11 is 0. The monoisotopic (exact) mass is 287 g/mol. The maximum absolute atomic E-state index is 5.33. The van der Waals surface area contributed by atoms with Gasteiger partial charge in [-0.2, -0.15) is 0 Å². The van der Waals surface area contributed by atoms with Crippen molar-refractivity contribution in [1.82, 2.24) is 10.6 Å². The van der Waals surface area contributed by atoms with Crippen LogP contribution in [0.25, 0.3) is 0 Å². The third kappa shape index (κ3) is 5.18. The predicted octanol–water partition coefficient (Wildman–Crippen LogP) is 2.57. The molecule has 2 N–H and O–H groups in total. The van der Waals surface area contributed by atoms with Gasteiger partial charge < -0.3 is 15.1 Å². The minimum absolute atomic E-state index is 0.492. The van der Waals surface area contributed by atoms with Gasteiger partial charge in [-0.05, 0) is 30.9 Å². The molecule has 1 aromatic rings. The first-order valence-electron chi connectivity index (χ1n) is 7.80. The summed E-state index contributed by atoms with van der Waals surface area (Å²) in [6.45, 7) is 3.49. The van der Waals surface area contributed by atoms with Crippen molar-refractivity contribution < 1.29 is 4.42 Å². The Balaban J connectivity index is 1.88. The number of terminal acetylenes is 1. The summed E-state index contributed by atoms with van der Waals surface area (Å²) in [5, 5.41) is 6.72. The van der Waals surface area contributed by atoms with E-state index in [0.29, 0.717) is 25.0 Å². The van der Waals surface area contributed by atoms with E-state index in [1.807, 2.05) is 12.1 Å². The largest absolute Gasteiger partial charge is 0.469 e. The molecule has 1 saturated carbocycles. The van der Waals surface area contributed by atoms with Crippen LogP contribution >= 0.6 is 0 Å². The highest BCUT2D eigenvalue weighted by molar-refractivity contribution is 5.80. The zero-order chi connectivity index (χ0) is 14.9. The predicted molar refractivity (Wildman–Crippen MR) is 86.1 cm³/mol. The minimum Gasteiger partial charge on any atom is -0.469 e. The lowest BCUT2D eigenvalue weighted by Crippen LogP contribution is -2.47. The van der Waals surface area contributed by atoms with Crippen LogP contribution in [-0.4, -0.2) is 25.1 Å². The number of hydrogen-bond donors (Lipinski definition) is 2. The van der Waals surface area contributed by atoms with E-state index in [0.717, 1.165) is 18.1 Å². The van der Waals surface area contributed by atoms with Crippen LogP contribution in [-0.2, 0) is 6.42 Å². The Labute approximate surface area is 127 Å². The molecule has 2 unspecified atom stereocenters. The quantitative estimate of drug-likeness (QED) is 0.497. The molecule has 2 rings (SSSR count). The van der Waals surface area contributed by atoms with Crippen molar-refractivity contribution in [2.45, 2.75) is 45.1 Å². The maximum atomic E-state index is 5.33. The number of rotatable bonds is 5. The Kier molecular flexibility index (Phi) is 6.21. The lowest BCUT2D eigenvalue weighted by molar-refractivity contribution is 0.307. The Morgan fingerprint density at radius 2 is 2.33 bits per heavy atom. The van der Waals surface area contributed by atoms with Gasteiger partial charge in [-0.15, -0.1) is 6.42 Å². The summed E-state index contributed by atoms with van der Waals surface area (Å²) in [6, 6.07) is 4.37. The molecular formula is C17H25N3O. The molecule has 4 nitrogen and oxygen atoms in total. The summed E-state index contributed by atoms with van der Waals surface area (Å²) in [5.41, 5.74) is 0. The first-order valence-corrected chi connectivity index (χ1v) is 7.80. The van der Waals surface area contributed by atoms with Gasteiger partial charge >= 0.3 is 0 Å². The van der Waals surface area contributed by atoms with E-state index in [9.17, 15) is 0 Å². The third-order valence-electron chi connectivity index (χ3n) is 4.00. The van der Waals surface area contributed by atoms with Crippen LogP contribution < -0.4 is 10.6 Å². The smallest absolute Gasteiger partial charge is 0.192 e. The van der Waals surface area contributed by atoms with Gasteiger partial charge in [-0.3, -0.25) is 4.99 Å². The van der Waals surface area contributed by atoms with Crippen molar-refractivity contribution in [2.24, 2.45) is 10.9 Å². The number of guanidine groups is 1. The zero-order valence-corrected chi connectivity index (χ0v) is 12.8. The Bertz CT molecular complexity index is 473. The van der Waals surface area contributed by atoms with Crippen molar-refractivity contribution in [1.29, 1.82) is 0 Å². The van der Waals surface area contributed by atoms with Crippen molar-refractivity contribution in [3.05, 3.63) is 24.2 Å². The second-order valence-electron chi connectivity index (χ2n) is 5.63. The van der Waals surface area contributed by atoms with Crippen molar-refractivity contribution in [3.63, 3.8) is 0 Å². The molecule has 0 saturated heterocycles. The van der Waals surface area contributed by atoms with Crippen LogP contribution in [0.15, 0.2) is 27.8 Å². The molecule has 0 aliphatic heterocycles. The molecule has 0 spiro atoms. The zero-order valence-electron chi connectivity index (χ0n) is 12.8. The van der Waals surface area contributed by atoms with Gasteiger partial charge in [-0.1, -0.05) is 25.7 Å².